The van der Waals surface area contributed by atoms with Crippen LogP contribution >= 0.6 is 34.5 Å². The largest absolute Gasteiger partial charge is 0.494 e. The molecule has 0 fully saturated rings. The van der Waals surface area contributed by atoms with E-state index in [1.54, 1.807) is 24.3 Å². The van der Waals surface area contributed by atoms with Crippen LogP contribution in [-0.2, 0) is 0 Å². The van der Waals surface area contributed by atoms with Gasteiger partial charge in [0.05, 0.1) is 16.7 Å². The standard InChI is InChI=1S/C26H21Cl2N3O3S/c1-2-3-4-13-33-18-8-5-16(6-9-18)24-29-26-31(30-24)25(32)23(35-26)15-19-10-12-22(34-19)17-7-11-20(27)21(28)14-17/h5-12,14-15H,2-4,13H2,1H3/b23-15+. The van der Waals surface area contributed by atoms with Crippen LogP contribution in [0.4, 0.5) is 0 Å². The fourth-order valence-corrected chi connectivity index (χ4v) is 4.75. The number of unbranched alkanes of at least 4 members (excludes halogenated alkanes) is 2. The van der Waals surface area contributed by atoms with Crippen LogP contribution in [0.1, 0.15) is 31.9 Å². The van der Waals surface area contributed by atoms with Gasteiger partial charge in [-0.15, -0.1) is 5.10 Å². The summed E-state index contributed by atoms with van der Waals surface area (Å²) in [6, 6.07) is 16.5. The number of ether oxygens (including phenoxy) is 1. The molecule has 9 heteroatoms. The summed E-state index contributed by atoms with van der Waals surface area (Å²) in [6.45, 7) is 2.87. The summed E-state index contributed by atoms with van der Waals surface area (Å²) in [4.78, 5) is 18.0. The number of hydrogen-bond acceptors (Lipinski definition) is 6. The normalized spacial score (nSPS) is 12.0. The van der Waals surface area contributed by atoms with Gasteiger partial charge in [-0.2, -0.15) is 9.50 Å². The molecule has 6 nitrogen and oxygen atoms in total. The van der Waals surface area contributed by atoms with Crippen molar-refractivity contribution in [3.8, 4) is 28.5 Å². The van der Waals surface area contributed by atoms with Gasteiger partial charge in [-0.25, -0.2) is 0 Å². The molecule has 0 spiro atoms. The maximum absolute atomic E-state index is 12.9. The number of nitrogens with zero attached hydrogens (tertiary/aromatic N) is 3. The molecule has 5 rings (SSSR count). The van der Waals surface area contributed by atoms with Crippen molar-refractivity contribution < 1.29 is 9.15 Å². The molecule has 2 aromatic carbocycles. The van der Waals surface area contributed by atoms with Crippen molar-refractivity contribution in [3.05, 3.63) is 85.3 Å². The Balaban J connectivity index is 1.36. The molecule has 0 atom stereocenters. The molecule has 0 saturated carbocycles. The maximum atomic E-state index is 12.9. The Bertz CT molecular complexity index is 1590. The first-order valence-corrected chi connectivity index (χ1v) is 12.8. The monoisotopic (exact) mass is 525 g/mol. The average molecular weight is 526 g/mol. The van der Waals surface area contributed by atoms with Crippen LogP contribution < -0.4 is 14.8 Å². The minimum Gasteiger partial charge on any atom is -0.494 e. The van der Waals surface area contributed by atoms with E-state index >= 15 is 0 Å². The molecule has 0 bridgehead atoms. The van der Waals surface area contributed by atoms with E-state index in [1.165, 1.54) is 15.9 Å². The second-order valence-corrected chi connectivity index (χ2v) is 9.78. The average Bonchev–Trinajstić information content (AvgIpc) is 3.57. The number of thiazole rings is 1. The number of aromatic nitrogens is 3. The summed E-state index contributed by atoms with van der Waals surface area (Å²) >= 11 is 13.4. The van der Waals surface area contributed by atoms with Gasteiger partial charge in [0.25, 0.3) is 5.56 Å². The highest BCUT2D eigenvalue weighted by atomic mass is 35.5. The van der Waals surface area contributed by atoms with E-state index in [9.17, 15) is 4.79 Å². The Morgan fingerprint density at radius 2 is 1.83 bits per heavy atom. The topological polar surface area (TPSA) is 69.6 Å². The third-order valence-electron chi connectivity index (χ3n) is 5.42. The Morgan fingerprint density at radius 1 is 1.03 bits per heavy atom. The van der Waals surface area contributed by atoms with E-state index in [1.807, 2.05) is 36.4 Å². The first-order valence-electron chi connectivity index (χ1n) is 11.2. The maximum Gasteiger partial charge on any atom is 0.291 e. The second-order valence-electron chi connectivity index (χ2n) is 7.96. The molecule has 178 valence electrons. The predicted molar refractivity (Wildman–Crippen MR) is 141 cm³/mol. The number of halogens is 2. The highest BCUT2D eigenvalue weighted by Gasteiger charge is 2.13. The van der Waals surface area contributed by atoms with Crippen molar-refractivity contribution in [2.24, 2.45) is 0 Å². The number of rotatable bonds is 8. The molecule has 35 heavy (non-hydrogen) atoms. The first-order chi connectivity index (χ1) is 17.0. The summed E-state index contributed by atoms with van der Waals surface area (Å²) in [5.41, 5.74) is 1.38. The quantitative estimate of drug-likeness (QED) is 0.216. The number of furan rings is 1. The first kappa shape index (κ1) is 23.6. The molecule has 5 aromatic rings. The van der Waals surface area contributed by atoms with Gasteiger partial charge in [0, 0.05) is 17.2 Å². The third kappa shape index (κ3) is 5.12. The van der Waals surface area contributed by atoms with Crippen molar-refractivity contribution in [3.63, 3.8) is 0 Å². The molecule has 0 aliphatic carbocycles. The SMILES string of the molecule is CCCCCOc1ccc(-c2nc3s/c(=C/c4ccc(-c5ccc(Cl)c(Cl)c5)o4)c(=O)n3n2)cc1. The minimum atomic E-state index is -0.243. The van der Waals surface area contributed by atoms with Crippen molar-refractivity contribution in [2.75, 3.05) is 6.61 Å². The molecule has 0 aliphatic rings. The van der Waals surface area contributed by atoms with Crippen LogP contribution in [-0.4, -0.2) is 21.2 Å². The minimum absolute atomic E-state index is 0.243. The lowest BCUT2D eigenvalue weighted by Gasteiger charge is -2.05. The van der Waals surface area contributed by atoms with Crippen LogP contribution in [0.15, 0.2) is 63.8 Å². The van der Waals surface area contributed by atoms with Crippen molar-refractivity contribution in [1.29, 1.82) is 0 Å². The van der Waals surface area contributed by atoms with Crippen LogP contribution in [0.2, 0.25) is 10.0 Å². The van der Waals surface area contributed by atoms with Gasteiger partial charge < -0.3 is 9.15 Å². The van der Waals surface area contributed by atoms with Crippen LogP contribution in [0, 0.1) is 0 Å². The van der Waals surface area contributed by atoms with Gasteiger partial charge in [0.2, 0.25) is 4.96 Å². The molecule has 0 radical (unpaired) electrons. The third-order valence-corrected chi connectivity index (χ3v) is 7.11. The number of fused-ring (bicyclic) bond motifs is 1. The Hall–Kier alpha value is -3.13. The fourth-order valence-electron chi connectivity index (χ4n) is 3.56. The molecule has 0 unspecified atom stereocenters. The molecular weight excluding hydrogens is 505 g/mol. The van der Waals surface area contributed by atoms with Gasteiger partial charge in [-0.3, -0.25) is 4.79 Å². The van der Waals surface area contributed by atoms with E-state index in [-0.39, 0.29) is 5.56 Å². The van der Waals surface area contributed by atoms with Gasteiger partial charge in [0.15, 0.2) is 5.82 Å². The number of hydrogen-bond donors (Lipinski definition) is 0. The van der Waals surface area contributed by atoms with Crippen molar-refractivity contribution in [1.82, 2.24) is 14.6 Å². The van der Waals surface area contributed by atoms with Crippen molar-refractivity contribution >= 4 is 45.6 Å². The van der Waals surface area contributed by atoms with Crippen LogP contribution in [0.5, 0.6) is 5.75 Å². The molecule has 3 aromatic heterocycles. The highest BCUT2D eigenvalue weighted by molar-refractivity contribution is 7.15. The second kappa shape index (κ2) is 10.2. The van der Waals surface area contributed by atoms with Gasteiger partial charge >= 0.3 is 0 Å². The fraction of sp³-hybridized carbons (Fsp3) is 0.192. The van der Waals surface area contributed by atoms with E-state index in [0.29, 0.717) is 43.5 Å². The van der Waals surface area contributed by atoms with Crippen LogP contribution in [0.25, 0.3) is 33.7 Å². The smallest absolute Gasteiger partial charge is 0.291 e. The molecule has 0 saturated heterocycles. The number of benzene rings is 2. The highest BCUT2D eigenvalue weighted by Crippen LogP contribution is 2.29. The Kier molecular flexibility index (Phi) is 6.90. The summed E-state index contributed by atoms with van der Waals surface area (Å²) in [5.74, 6) is 2.48. The molecule has 0 amide bonds. The predicted octanol–water partition coefficient (Wildman–Crippen LogP) is 6.50. The lowest BCUT2D eigenvalue weighted by molar-refractivity contribution is 0.306. The van der Waals surface area contributed by atoms with E-state index in [4.69, 9.17) is 32.4 Å². The van der Waals surface area contributed by atoms with E-state index in [2.05, 4.69) is 17.0 Å². The molecule has 3 heterocycles. The molecule has 0 aliphatic heterocycles. The van der Waals surface area contributed by atoms with Gasteiger partial charge in [0.1, 0.15) is 21.8 Å². The zero-order valence-electron chi connectivity index (χ0n) is 18.8. The van der Waals surface area contributed by atoms with E-state index < -0.39 is 0 Å². The zero-order chi connectivity index (χ0) is 24.4. The molecular formula is C26H21Cl2N3O3S. The molecule has 0 N–H and O–H groups in total. The lowest BCUT2D eigenvalue weighted by atomic mass is 10.2. The summed E-state index contributed by atoms with van der Waals surface area (Å²) < 4.78 is 13.5. The Labute approximate surface area is 215 Å². The lowest BCUT2D eigenvalue weighted by Crippen LogP contribution is -2.23. The van der Waals surface area contributed by atoms with Gasteiger partial charge in [-0.05, 0) is 61.0 Å². The summed E-state index contributed by atoms with van der Waals surface area (Å²) in [6.07, 6.45) is 5.04. The van der Waals surface area contributed by atoms with Crippen molar-refractivity contribution in [2.45, 2.75) is 26.2 Å². The summed E-state index contributed by atoms with van der Waals surface area (Å²) in [7, 11) is 0. The summed E-state index contributed by atoms with van der Waals surface area (Å²) in [5, 5.41) is 5.34. The van der Waals surface area contributed by atoms with Crippen LogP contribution in [0.3, 0.4) is 0 Å². The Morgan fingerprint density at radius 3 is 2.57 bits per heavy atom. The van der Waals surface area contributed by atoms with E-state index in [0.717, 1.165) is 36.1 Å². The zero-order valence-corrected chi connectivity index (χ0v) is 21.2. The van der Waals surface area contributed by atoms with Gasteiger partial charge in [-0.1, -0.05) is 54.3 Å².